The van der Waals surface area contributed by atoms with E-state index in [4.69, 9.17) is 18.6 Å². The molecule has 0 spiro atoms. The first-order valence-electron chi connectivity index (χ1n) is 16.6. The van der Waals surface area contributed by atoms with Gasteiger partial charge in [-0.2, -0.15) is 8.42 Å². The topological polar surface area (TPSA) is 138 Å². The molecule has 0 radical (unpaired) electrons. The minimum absolute atomic E-state index is 0.0764. The third kappa shape index (κ3) is 11.4. The Hall–Kier alpha value is -3.26. The first-order chi connectivity index (χ1) is 22.6. The zero-order valence-corrected chi connectivity index (χ0v) is 32.3. The maximum atomic E-state index is 13.8. The number of esters is 2. The fourth-order valence-electron chi connectivity index (χ4n) is 6.08. The molecule has 272 valence electrons. The smallest absolute Gasteiger partial charge is 0.411 e. The van der Waals surface area contributed by atoms with Crippen molar-refractivity contribution in [2.45, 2.75) is 110 Å². The standard InChI is InChI=1S/C35H51NO7Si.CH2O3S/c1-25(37)40-22-21-29-26(23-30(31(38)42-33(2,3)4)36(29)32(39)43-34(5,6)7)24-41-44(35(8,9)10,27-17-13-11-14-18-27)28-19-15-12-16-20-28;2-5(3)1-4-5/h11-20,26,29-30H,21-24H2,1-10H3;1H2/t26-,29+,30+;/m0./s1. The van der Waals surface area contributed by atoms with E-state index < -0.39 is 59.8 Å². The molecule has 2 aliphatic rings. The van der Waals surface area contributed by atoms with Crippen LogP contribution in [-0.4, -0.2) is 82.1 Å². The Morgan fingerprint density at radius 2 is 1.31 bits per heavy atom. The minimum atomic E-state index is -2.92. The fraction of sp³-hybridized carbons (Fsp3) is 0.583. The van der Waals surface area contributed by atoms with Gasteiger partial charge in [-0.3, -0.25) is 9.69 Å². The average molecular weight is 720 g/mol. The molecule has 0 aliphatic carbocycles. The summed E-state index contributed by atoms with van der Waals surface area (Å²) in [6.07, 6.45) is 0.0541. The van der Waals surface area contributed by atoms with Crippen LogP contribution in [0.5, 0.6) is 0 Å². The van der Waals surface area contributed by atoms with E-state index in [0.29, 0.717) is 12.8 Å². The molecule has 2 heterocycles. The van der Waals surface area contributed by atoms with Crippen LogP contribution in [0.1, 0.15) is 82.1 Å². The lowest BCUT2D eigenvalue weighted by Gasteiger charge is -2.44. The van der Waals surface area contributed by atoms with Crippen molar-refractivity contribution in [1.29, 1.82) is 0 Å². The molecule has 2 aromatic rings. The Bertz CT molecular complexity index is 1480. The van der Waals surface area contributed by atoms with Gasteiger partial charge in [-0.05, 0) is 63.4 Å². The highest BCUT2D eigenvalue weighted by Crippen LogP contribution is 2.40. The van der Waals surface area contributed by atoms with E-state index >= 15 is 0 Å². The van der Waals surface area contributed by atoms with E-state index in [9.17, 15) is 22.8 Å². The van der Waals surface area contributed by atoms with Gasteiger partial charge in [-0.25, -0.2) is 13.8 Å². The summed E-state index contributed by atoms with van der Waals surface area (Å²) in [5, 5.41) is 2.03. The lowest BCUT2D eigenvalue weighted by molar-refractivity contribution is -0.160. The number of benzene rings is 2. The van der Waals surface area contributed by atoms with Crippen molar-refractivity contribution in [2.24, 2.45) is 5.92 Å². The van der Waals surface area contributed by atoms with E-state index in [2.05, 4.69) is 49.2 Å². The van der Waals surface area contributed by atoms with Gasteiger partial charge in [0.25, 0.3) is 18.4 Å². The molecule has 2 aliphatic heterocycles. The molecule has 2 saturated heterocycles. The Kier molecular flexibility index (Phi) is 12.9. The van der Waals surface area contributed by atoms with E-state index in [1.807, 2.05) is 36.4 Å². The van der Waals surface area contributed by atoms with Gasteiger partial charge in [0.2, 0.25) is 0 Å². The van der Waals surface area contributed by atoms with Crippen LogP contribution >= 0.6 is 0 Å². The second-order valence-corrected chi connectivity index (χ2v) is 21.3. The average Bonchev–Trinajstić information content (AvgIpc) is 3.54. The Labute approximate surface area is 292 Å². The molecule has 2 aromatic carbocycles. The van der Waals surface area contributed by atoms with Crippen LogP contribution in [0.3, 0.4) is 0 Å². The summed E-state index contributed by atoms with van der Waals surface area (Å²) >= 11 is 0. The van der Waals surface area contributed by atoms with Crippen LogP contribution in [0.4, 0.5) is 4.79 Å². The summed E-state index contributed by atoms with van der Waals surface area (Å²) in [4.78, 5) is 40.6. The predicted octanol–water partition coefficient (Wildman–Crippen LogP) is 5.16. The van der Waals surface area contributed by atoms with E-state index in [-0.39, 0.29) is 30.1 Å². The normalized spacial score (nSPS) is 20.4. The van der Waals surface area contributed by atoms with Crippen molar-refractivity contribution in [3.8, 4) is 0 Å². The molecular formula is C36H53NO10SSi. The first-order valence-corrected chi connectivity index (χ1v) is 20.0. The molecule has 0 N–H and O–H groups in total. The van der Waals surface area contributed by atoms with Gasteiger partial charge in [-0.15, -0.1) is 0 Å². The monoisotopic (exact) mass is 719 g/mol. The van der Waals surface area contributed by atoms with E-state index in [1.54, 1.807) is 41.5 Å². The number of hydrogen-bond donors (Lipinski definition) is 0. The zero-order valence-electron chi connectivity index (χ0n) is 30.5. The number of ether oxygens (including phenoxy) is 3. The van der Waals surface area contributed by atoms with Crippen molar-refractivity contribution >= 4 is 46.8 Å². The summed E-state index contributed by atoms with van der Waals surface area (Å²) in [6.45, 7) is 19.2. The van der Waals surface area contributed by atoms with Crippen molar-refractivity contribution < 1.29 is 45.6 Å². The van der Waals surface area contributed by atoms with E-state index in [1.165, 1.54) is 11.8 Å². The number of nitrogens with zero attached hydrogens (tertiary/aromatic N) is 1. The highest BCUT2D eigenvalue weighted by atomic mass is 32.2. The summed E-state index contributed by atoms with van der Waals surface area (Å²) < 4.78 is 47.1. The molecule has 3 atom stereocenters. The van der Waals surface area contributed by atoms with Crippen LogP contribution in [-0.2, 0) is 42.5 Å². The molecule has 49 heavy (non-hydrogen) atoms. The maximum Gasteiger partial charge on any atom is 0.411 e. The summed E-state index contributed by atoms with van der Waals surface area (Å²) in [5.41, 5.74) is -1.52. The number of amides is 1. The fourth-order valence-corrected chi connectivity index (χ4v) is 11.0. The van der Waals surface area contributed by atoms with Gasteiger partial charge < -0.3 is 18.6 Å². The van der Waals surface area contributed by atoms with Crippen LogP contribution in [0, 0.1) is 5.92 Å². The summed E-state index contributed by atoms with van der Waals surface area (Å²) in [5.74, 6) is -1.23. The predicted molar refractivity (Wildman–Crippen MR) is 189 cm³/mol. The lowest BCUT2D eigenvalue weighted by atomic mass is 9.98. The molecule has 11 nitrogen and oxygen atoms in total. The Morgan fingerprint density at radius 1 is 0.837 bits per heavy atom. The quantitative estimate of drug-likeness (QED) is 0.148. The van der Waals surface area contributed by atoms with Crippen LogP contribution in [0.2, 0.25) is 5.04 Å². The van der Waals surface area contributed by atoms with Gasteiger partial charge in [0, 0.05) is 31.9 Å². The number of carbonyl (C=O) groups is 3. The van der Waals surface area contributed by atoms with Gasteiger partial charge in [-0.1, -0.05) is 81.4 Å². The third-order valence-electron chi connectivity index (χ3n) is 8.01. The van der Waals surface area contributed by atoms with Gasteiger partial charge in [0.05, 0.1) is 6.61 Å². The SMILES string of the molecule is CC(=O)OCC[C@@H]1[C@H](CO[Si](c2ccccc2)(c2ccccc2)C(C)(C)C)C[C@H](C(=O)OC(C)(C)C)N1C(=O)OC(C)(C)C.O=S1(=O)CO1. The third-order valence-corrected chi connectivity index (χ3v) is 13.6. The molecular weight excluding hydrogens is 667 g/mol. The van der Waals surface area contributed by atoms with Crippen molar-refractivity contribution in [3.63, 3.8) is 0 Å². The van der Waals surface area contributed by atoms with Crippen LogP contribution in [0.25, 0.3) is 0 Å². The second-order valence-electron chi connectivity index (χ2n) is 15.4. The molecule has 0 aromatic heterocycles. The Morgan fingerprint density at radius 3 is 1.69 bits per heavy atom. The van der Waals surface area contributed by atoms with Gasteiger partial charge in [0.15, 0.2) is 5.94 Å². The largest absolute Gasteiger partial charge is 0.466 e. The number of hydrogen-bond acceptors (Lipinski definition) is 10. The van der Waals surface area contributed by atoms with Crippen LogP contribution < -0.4 is 10.4 Å². The van der Waals surface area contributed by atoms with E-state index in [0.717, 1.165) is 10.4 Å². The summed E-state index contributed by atoms with van der Waals surface area (Å²) in [6, 6.07) is 19.3. The highest BCUT2D eigenvalue weighted by Gasteiger charge is 2.54. The Balaban J connectivity index is 0.00000119. The molecule has 1 amide bonds. The molecule has 13 heteroatoms. The molecule has 4 rings (SSSR count). The van der Waals surface area contributed by atoms with Gasteiger partial charge >= 0.3 is 18.0 Å². The van der Waals surface area contributed by atoms with Crippen LogP contribution in [0.15, 0.2) is 60.7 Å². The van der Waals surface area contributed by atoms with Crippen molar-refractivity contribution in [2.75, 3.05) is 19.2 Å². The van der Waals surface area contributed by atoms with Gasteiger partial charge in [0.1, 0.15) is 17.2 Å². The molecule has 0 saturated carbocycles. The molecule has 0 unspecified atom stereocenters. The van der Waals surface area contributed by atoms with Crippen molar-refractivity contribution in [1.82, 2.24) is 4.90 Å². The highest BCUT2D eigenvalue weighted by molar-refractivity contribution is 7.91. The zero-order chi connectivity index (χ0) is 36.8. The lowest BCUT2D eigenvalue weighted by Crippen LogP contribution is -2.67. The number of likely N-dealkylation sites (tertiary alicyclic amines) is 1. The number of carbonyl (C=O) groups excluding carboxylic acids is 3. The summed E-state index contributed by atoms with van der Waals surface area (Å²) in [7, 11) is -5.82. The maximum absolute atomic E-state index is 13.8. The minimum Gasteiger partial charge on any atom is -0.466 e. The molecule has 0 bridgehead atoms. The van der Waals surface area contributed by atoms with Crippen molar-refractivity contribution in [3.05, 3.63) is 60.7 Å². The first kappa shape index (κ1) is 40.2. The molecule has 2 fully saturated rings. The second kappa shape index (κ2) is 15.7. The number of rotatable bonds is 9.